The molecule has 3 nitrogen and oxygen atoms in total. The van der Waals surface area contributed by atoms with Gasteiger partial charge in [-0.05, 0) is 11.4 Å². The predicted octanol–water partition coefficient (Wildman–Crippen LogP) is 2.37. The molecule has 5 heteroatoms. The maximum atomic E-state index is 11.9. The molecule has 0 saturated carbocycles. The van der Waals surface area contributed by atoms with Gasteiger partial charge < -0.3 is 4.57 Å². The fraction of sp³-hybridized carbons (Fsp3) is 0.111. The Morgan fingerprint density at radius 3 is 2.93 bits per heavy atom. The largest absolute Gasteiger partial charge is 0.331 e. The van der Waals surface area contributed by atoms with E-state index in [0.29, 0.717) is 15.7 Å². The van der Waals surface area contributed by atoms with Crippen molar-refractivity contribution >= 4 is 28.7 Å². The molecular formula is C9H7ClN2OS. The molecular weight excluding hydrogens is 220 g/mol. The third-order valence-corrected chi connectivity index (χ3v) is 3.19. The van der Waals surface area contributed by atoms with Crippen LogP contribution in [0.1, 0.15) is 15.5 Å². The topological polar surface area (TPSA) is 34.9 Å². The lowest BCUT2D eigenvalue weighted by Gasteiger charge is -1.98. The Labute approximate surface area is 90.0 Å². The summed E-state index contributed by atoms with van der Waals surface area (Å²) in [6.45, 7) is 0. The molecule has 72 valence electrons. The van der Waals surface area contributed by atoms with Crippen LogP contribution in [0.3, 0.4) is 0 Å². The van der Waals surface area contributed by atoms with E-state index in [1.54, 1.807) is 35.5 Å². The van der Waals surface area contributed by atoms with Crippen molar-refractivity contribution in [2.45, 2.75) is 0 Å². The Hall–Kier alpha value is -1.13. The summed E-state index contributed by atoms with van der Waals surface area (Å²) in [5, 5.41) is 2.28. The minimum Gasteiger partial charge on any atom is -0.331 e. The fourth-order valence-electron chi connectivity index (χ4n) is 1.14. The average molecular weight is 227 g/mol. The summed E-state index contributed by atoms with van der Waals surface area (Å²) >= 11 is 7.19. The smallest absolute Gasteiger partial charge is 0.239 e. The van der Waals surface area contributed by atoms with Crippen molar-refractivity contribution in [3.05, 3.63) is 39.6 Å². The quantitative estimate of drug-likeness (QED) is 0.737. The molecule has 0 aliphatic rings. The van der Waals surface area contributed by atoms with Crippen molar-refractivity contribution in [1.29, 1.82) is 0 Å². The van der Waals surface area contributed by atoms with Gasteiger partial charge in [-0.2, -0.15) is 0 Å². The number of thiophene rings is 1. The van der Waals surface area contributed by atoms with Gasteiger partial charge in [0.15, 0.2) is 5.82 Å². The van der Waals surface area contributed by atoms with Gasteiger partial charge in [-0.25, -0.2) is 4.98 Å². The molecule has 0 aliphatic heterocycles. The summed E-state index contributed by atoms with van der Waals surface area (Å²) in [5.41, 5.74) is 0. The first-order valence-corrected chi connectivity index (χ1v) is 5.21. The Morgan fingerprint density at radius 1 is 1.64 bits per heavy atom. The first-order valence-electron chi connectivity index (χ1n) is 3.95. The number of ketones is 1. The number of aromatic nitrogens is 2. The Kier molecular flexibility index (Phi) is 2.39. The first kappa shape index (κ1) is 9.43. The Morgan fingerprint density at radius 2 is 2.43 bits per heavy atom. The molecule has 0 aromatic carbocycles. The Bertz CT molecular complexity index is 432. The third-order valence-electron chi connectivity index (χ3n) is 1.85. The van der Waals surface area contributed by atoms with E-state index in [-0.39, 0.29) is 5.78 Å². The number of carbonyl (C=O) groups excluding carboxylic acids is 1. The number of aryl methyl sites for hydroxylation is 1. The number of imidazole rings is 1. The molecule has 0 bridgehead atoms. The molecule has 2 aromatic heterocycles. The number of rotatable bonds is 2. The second kappa shape index (κ2) is 3.55. The van der Waals surface area contributed by atoms with Gasteiger partial charge in [0, 0.05) is 19.4 Å². The van der Waals surface area contributed by atoms with E-state index in [4.69, 9.17) is 11.6 Å². The minimum absolute atomic E-state index is 0.127. The number of halogens is 1. The van der Waals surface area contributed by atoms with E-state index in [2.05, 4.69) is 4.98 Å². The van der Waals surface area contributed by atoms with Crippen LogP contribution in [0.4, 0.5) is 0 Å². The van der Waals surface area contributed by atoms with Gasteiger partial charge in [0.2, 0.25) is 5.78 Å². The summed E-state index contributed by atoms with van der Waals surface area (Å²) in [4.78, 5) is 16.4. The number of carbonyl (C=O) groups is 1. The highest BCUT2D eigenvalue weighted by molar-refractivity contribution is 7.13. The van der Waals surface area contributed by atoms with E-state index in [9.17, 15) is 4.79 Å². The van der Waals surface area contributed by atoms with Crippen molar-refractivity contribution in [3.8, 4) is 0 Å². The summed E-state index contributed by atoms with van der Waals surface area (Å²) in [6, 6.07) is 1.71. The van der Waals surface area contributed by atoms with E-state index < -0.39 is 0 Å². The maximum absolute atomic E-state index is 11.9. The lowest BCUT2D eigenvalue weighted by Crippen LogP contribution is -2.07. The maximum Gasteiger partial charge on any atom is 0.239 e. The zero-order chi connectivity index (χ0) is 10.1. The molecule has 2 rings (SSSR count). The summed E-state index contributed by atoms with van der Waals surface area (Å²) in [5.74, 6) is 0.284. The SMILES string of the molecule is Cn1ccnc1C(=O)c1sccc1Cl. The van der Waals surface area contributed by atoms with Crippen LogP contribution in [0.2, 0.25) is 5.02 Å². The standard InChI is InChI=1S/C9H7ClN2OS/c1-12-4-3-11-9(12)7(13)8-6(10)2-5-14-8/h2-5H,1H3. The molecule has 0 saturated heterocycles. The molecule has 0 aliphatic carbocycles. The van der Waals surface area contributed by atoms with Crippen molar-refractivity contribution in [2.24, 2.45) is 7.05 Å². The molecule has 0 unspecified atom stereocenters. The van der Waals surface area contributed by atoms with Crippen LogP contribution < -0.4 is 0 Å². The second-order valence-electron chi connectivity index (χ2n) is 2.79. The van der Waals surface area contributed by atoms with Crippen LogP contribution in [0.15, 0.2) is 23.8 Å². The predicted molar refractivity (Wildman–Crippen MR) is 56.0 cm³/mol. The van der Waals surface area contributed by atoms with E-state index in [1.807, 2.05) is 0 Å². The zero-order valence-electron chi connectivity index (χ0n) is 7.40. The van der Waals surface area contributed by atoms with Crippen LogP contribution in [-0.2, 0) is 7.05 Å². The van der Waals surface area contributed by atoms with Gasteiger partial charge in [-0.1, -0.05) is 11.6 Å². The highest BCUT2D eigenvalue weighted by Gasteiger charge is 2.17. The van der Waals surface area contributed by atoms with Crippen molar-refractivity contribution in [1.82, 2.24) is 9.55 Å². The van der Waals surface area contributed by atoms with E-state index in [1.165, 1.54) is 11.3 Å². The van der Waals surface area contributed by atoms with Crippen LogP contribution >= 0.6 is 22.9 Å². The van der Waals surface area contributed by atoms with Crippen LogP contribution in [-0.4, -0.2) is 15.3 Å². The van der Waals surface area contributed by atoms with Crippen molar-refractivity contribution in [2.75, 3.05) is 0 Å². The van der Waals surface area contributed by atoms with Crippen LogP contribution in [0.5, 0.6) is 0 Å². The van der Waals surface area contributed by atoms with Gasteiger partial charge in [0.25, 0.3) is 0 Å². The lowest BCUT2D eigenvalue weighted by atomic mass is 10.3. The summed E-state index contributed by atoms with van der Waals surface area (Å²) in [6.07, 6.45) is 3.32. The van der Waals surface area contributed by atoms with Gasteiger partial charge in [0.1, 0.15) is 0 Å². The molecule has 0 fully saturated rings. The van der Waals surface area contributed by atoms with Gasteiger partial charge in [0.05, 0.1) is 9.90 Å². The van der Waals surface area contributed by atoms with Crippen molar-refractivity contribution in [3.63, 3.8) is 0 Å². The van der Waals surface area contributed by atoms with Crippen LogP contribution in [0, 0.1) is 0 Å². The first-order chi connectivity index (χ1) is 6.70. The highest BCUT2D eigenvalue weighted by Crippen LogP contribution is 2.24. The lowest BCUT2D eigenvalue weighted by molar-refractivity contribution is 0.103. The molecule has 0 N–H and O–H groups in total. The van der Waals surface area contributed by atoms with E-state index in [0.717, 1.165) is 0 Å². The van der Waals surface area contributed by atoms with Gasteiger partial charge in [-0.3, -0.25) is 4.79 Å². The number of hydrogen-bond donors (Lipinski definition) is 0. The fourth-order valence-corrected chi connectivity index (χ4v) is 2.22. The normalized spacial score (nSPS) is 10.4. The monoisotopic (exact) mass is 226 g/mol. The van der Waals surface area contributed by atoms with Crippen molar-refractivity contribution < 1.29 is 4.79 Å². The summed E-state index contributed by atoms with van der Waals surface area (Å²) < 4.78 is 1.68. The molecule has 2 aromatic rings. The average Bonchev–Trinajstić information content (AvgIpc) is 2.73. The van der Waals surface area contributed by atoms with Gasteiger partial charge >= 0.3 is 0 Å². The van der Waals surface area contributed by atoms with Gasteiger partial charge in [-0.15, -0.1) is 11.3 Å². The minimum atomic E-state index is -0.127. The number of nitrogens with zero attached hydrogens (tertiary/aromatic N) is 2. The highest BCUT2D eigenvalue weighted by atomic mass is 35.5. The molecule has 0 spiro atoms. The Balaban J connectivity index is 2.44. The third kappa shape index (κ3) is 1.47. The second-order valence-corrected chi connectivity index (χ2v) is 4.11. The molecule has 0 atom stereocenters. The zero-order valence-corrected chi connectivity index (χ0v) is 8.97. The molecule has 2 heterocycles. The van der Waals surface area contributed by atoms with E-state index >= 15 is 0 Å². The molecule has 0 amide bonds. The summed E-state index contributed by atoms with van der Waals surface area (Å²) in [7, 11) is 1.78. The number of hydrogen-bond acceptors (Lipinski definition) is 3. The molecule has 14 heavy (non-hydrogen) atoms. The molecule has 0 radical (unpaired) electrons. The van der Waals surface area contributed by atoms with Crippen LogP contribution in [0.25, 0.3) is 0 Å².